The molecular formula is C12H23NO3. The van der Waals surface area contributed by atoms with Gasteiger partial charge in [0.15, 0.2) is 5.79 Å². The molecule has 2 unspecified atom stereocenters. The highest BCUT2D eigenvalue weighted by Crippen LogP contribution is 2.33. The van der Waals surface area contributed by atoms with E-state index in [-0.39, 0.29) is 12.7 Å². The summed E-state index contributed by atoms with van der Waals surface area (Å²) in [5.41, 5.74) is 0. The summed E-state index contributed by atoms with van der Waals surface area (Å²) < 4.78 is 11.4. The van der Waals surface area contributed by atoms with E-state index >= 15 is 0 Å². The first-order chi connectivity index (χ1) is 7.61. The van der Waals surface area contributed by atoms with E-state index in [2.05, 4.69) is 11.9 Å². The Morgan fingerprint density at radius 1 is 1.38 bits per heavy atom. The van der Waals surface area contributed by atoms with Crippen molar-refractivity contribution in [2.75, 3.05) is 33.4 Å². The summed E-state index contributed by atoms with van der Waals surface area (Å²) in [4.78, 5) is 2.37. The van der Waals surface area contributed by atoms with Crippen LogP contribution in [-0.2, 0) is 9.47 Å². The molecule has 0 spiro atoms. The van der Waals surface area contributed by atoms with Crippen LogP contribution >= 0.6 is 0 Å². The Hall–Kier alpha value is -0.160. The topological polar surface area (TPSA) is 41.9 Å². The molecule has 1 N–H and O–H groups in total. The van der Waals surface area contributed by atoms with Crippen molar-refractivity contribution in [3.05, 3.63) is 0 Å². The molecule has 2 atom stereocenters. The van der Waals surface area contributed by atoms with E-state index in [0.717, 1.165) is 6.42 Å². The van der Waals surface area contributed by atoms with Gasteiger partial charge in [0.1, 0.15) is 6.10 Å². The normalized spacial score (nSPS) is 38.1. The molecule has 0 aromatic rings. The zero-order chi connectivity index (χ0) is 11.6. The van der Waals surface area contributed by atoms with Gasteiger partial charge in [-0.25, -0.2) is 0 Å². The number of nitrogens with zero attached hydrogens (tertiary/aromatic N) is 1. The third kappa shape index (κ3) is 2.94. The average molecular weight is 229 g/mol. The van der Waals surface area contributed by atoms with Crippen LogP contribution in [0.1, 0.15) is 26.2 Å². The fourth-order valence-corrected chi connectivity index (χ4v) is 2.68. The van der Waals surface area contributed by atoms with Crippen LogP contribution in [0.2, 0.25) is 0 Å². The first-order valence-corrected chi connectivity index (χ1v) is 6.22. The van der Waals surface area contributed by atoms with E-state index in [1.165, 1.54) is 25.9 Å². The molecule has 2 aliphatic heterocycles. The van der Waals surface area contributed by atoms with Crippen molar-refractivity contribution in [1.29, 1.82) is 0 Å². The maximum Gasteiger partial charge on any atom is 0.166 e. The maximum absolute atomic E-state index is 9.03. The van der Waals surface area contributed by atoms with Crippen molar-refractivity contribution in [3.63, 3.8) is 0 Å². The Labute approximate surface area is 97.5 Å². The lowest BCUT2D eigenvalue weighted by molar-refractivity contribution is -0.171. The highest BCUT2D eigenvalue weighted by molar-refractivity contribution is 4.80. The van der Waals surface area contributed by atoms with Crippen LogP contribution in [0, 0.1) is 5.92 Å². The monoisotopic (exact) mass is 229 g/mol. The molecule has 0 aliphatic carbocycles. The van der Waals surface area contributed by atoms with Crippen LogP contribution in [0.5, 0.6) is 0 Å². The van der Waals surface area contributed by atoms with Gasteiger partial charge in [-0.2, -0.15) is 0 Å². The molecule has 2 fully saturated rings. The van der Waals surface area contributed by atoms with Crippen molar-refractivity contribution in [2.24, 2.45) is 5.92 Å². The van der Waals surface area contributed by atoms with E-state index in [9.17, 15) is 0 Å². The maximum atomic E-state index is 9.03. The van der Waals surface area contributed by atoms with Gasteiger partial charge in [0.2, 0.25) is 0 Å². The number of piperidine rings is 1. The molecule has 94 valence electrons. The fourth-order valence-electron chi connectivity index (χ4n) is 2.68. The van der Waals surface area contributed by atoms with Crippen LogP contribution in [0.3, 0.4) is 0 Å². The largest absolute Gasteiger partial charge is 0.394 e. The van der Waals surface area contributed by atoms with Gasteiger partial charge in [-0.3, -0.25) is 0 Å². The molecular weight excluding hydrogens is 206 g/mol. The van der Waals surface area contributed by atoms with Crippen LogP contribution < -0.4 is 0 Å². The number of ether oxygens (including phenoxy) is 2. The van der Waals surface area contributed by atoms with Crippen molar-refractivity contribution < 1.29 is 14.6 Å². The molecule has 0 bridgehead atoms. The summed E-state index contributed by atoms with van der Waals surface area (Å²) in [6, 6.07) is 0. The third-order valence-electron chi connectivity index (χ3n) is 3.69. The van der Waals surface area contributed by atoms with Gasteiger partial charge in [-0.05, 0) is 45.8 Å². The Morgan fingerprint density at radius 2 is 2.06 bits per heavy atom. The lowest BCUT2D eigenvalue weighted by Crippen LogP contribution is -2.36. The Balaban J connectivity index is 1.80. The summed E-state index contributed by atoms with van der Waals surface area (Å²) in [5, 5.41) is 9.03. The summed E-state index contributed by atoms with van der Waals surface area (Å²) in [5.74, 6) is 0.229. The molecule has 2 rings (SSSR count). The van der Waals surface area contributed by atoms with Crippen LogP contribution in [-0.4, -0.2) is 55.2 Å². The van der Waals surface area contributed by atoms with E-state index < -0.39 is 5.79 Å². The van der Waals surface area contributed by atoms with Crippen molar-refractivity contribution in [2.45, 2.75) is 38.1 Å². The third-order valence-corrected chi connectivity index (χ3v) is 3.69. The lowest BCUT2D eigenvalue weighted by Gasteiger charge is -2.33. The highest BCUT2D eigenvalue weighted by atomic mass is 16.7. The Kier molecular flexibility index (Phi) is 3.85. The first-order valence-electron chi connectivity index (χ1n) is 6.22. The number of aliphatic hydroxyl groups excluding tert-OH is 1. The smallest absolute Gasteiger partial charge is 0.166 e. The Morgan fingerprint density at radius 3 is 2.62 bits per heavy atom. The highest BCUT2D eigenvalue weighted by Gasteiger charge is 2.39. The second-order valence-electron chi connectivity index (χ2n) is 5.32. The fraction of sp³-hybridized carbons (Fsp3) is 1.00. The van der Waals surface area contributed by atoms with Gasteiger partial charge < -0.3 is 19.5 Å². The second-order valence-corrected chi connectivity index (χ2v) is 5.32. The van der Waals surface area contributed by atoms with Gasteiger partial charge in [-0.1, -0.05) is 0 Å². The van der Waals surface area contributed by atoms with E-state index in [4.69, 9.17) is 14.6 Å². The summed E-state index contributed by atoms with van der Waals surface area (Å²) in [7, 11) is 2.17. The quantitative estimate of drug-likeness (QED) is 0.779. The van der Waals surface area contributed by atoms with Crippen LogP contribution in [0.25, 0.3) is 0 Å². The SMILES string of the molecule is CN1CCC(CC2(C)OCC(CO)O2)CC1. The predicted octanol–water partition coefficient (Wildman–Crippen LogP) is 0.842. The minimum Gasteiger partial charge on any atom is -0.394 e. The lowest BCUT2D eigenvalue weighted by atomic mass is 9.90. The minimum absolute atomic E-state index is 0.0585. The zero-order valence-electron chi connectivity index (χ0n) is 10.3. The molecule has 0 aromatic carbocycles. The second kappa shape index (κ2) is 5.00. The number of likely N-dealkylation sites (tertiary alicyclic amines) is 1. The molecule has 2 saturated heterocycles. The molecule has 0 saturated carbocycles. The molecule has 4 heteroatoms. The van der Waals surface area contributed by atoms with Crippen molar-refractivity contribution in [1.82, 2.24) is 4.90 Å². The molecule has 0 aromatic heterocycles. The number of hydrogen-bond donors (Lipinski definition) is 1. The van der Waals surface area contributed by atoms with Crippen molar-refractivity contribution >= 4 is 0 Å². The standard InChI is InChI=1S/C12H23NO3/c1-12(15-9-11(8-14)16-12)7-10-3-5-13(2)6-4-10/h10-11,14H,3-9H2,1-2H3. The van der Waals surface area contributed by atoms with E-state index in [0.29, 0.717) is 12.5 Å². The Bertz CT molecular complexity index is 228. The van der Waals surface area contributed by atoms with Crippen LogP contribution in [0.15, 0.2) is 0 Å². The average Bonchev–Trinajstić information content (AvgIpc) is 2.64. The van der Waals surface area contributed by atoms with Gasteiger partial charge in [0, 0.05) is 6.42 Å². The summed E-state index contributed by atoms with van der Waals surface area (Å²) in [6.07, 6.45) is 3.28. The summed E-state index contributed by atoms with van der Waals surface area (Å²) in [6.45, 7) is 4.93. The minimum atomic E-state index is -0.464. The number of hydrogen-bond acceptors (Lipinski definition) is 4. The number of aliphatic hydroxyl groups is 1. The van der Waals surface area contributed by atoms with Crippen molar-refractivity contribution in [3.8, 4) is 0 Å². The zero-order valence-corrected chi connectivity index (χ0v) is 10.3. The molecule has 16 heavy (non-hydrogen) atoms. The van der Waals surface area contributed by atoms with E-state index in [1.807, 2.05) is 6.92 Å². The molecule has 0 radical (unpaired) electrons. The van der Waals surface area contributed by atoms with Gasteiger partial charge in [0.05, 0.1) is 13.2 Å². The first kappa shape index (κ1) is 12.3. The van der Waals surface area contributed by atoms with Gasteiger partial charge in [-0.15, -0.1) is 0 Å². The molecule has 2 heterocycles. The van der Waals surface area contributed by atoms with Gasteiger partial charge >= 0.3 is 0 Å². The molecule has 2 aliphatic rings. The van der Waals surface area contributed by atoms with Crippen LogP contribution in [0.4, 0.5) is 0 Å². The molecule has 0 amide bonds. The molecule has 4 nitrogen and oxygen atoms in total. The van der Waals surface area contributed by atoms with E-state index in [1.54, 1.807) is 0 Å². The van der Waals surface area contributed by atoms with Gasteiger partial charge in [0.25, 0.3) is 0 Å². The number of rotatable bonds is 3. The summed E-state index contributed by atoms with van der Waals surface area (Å²) >= 11 is 0. The predicted molar refractivity (Wildman–Crippen MR) is 61.2 cm³/mol.